The van der Waals surface area contributed by atoms with Crippen LogP contribution in [0.4, 0.5) is 5.69 Å². The summed E-state index contributed by atoms with van der Waals surface area (Å²) >= 11 is 0. The molecule has 0 spiro atoms. The largest absolute Gasteiger partial charge is 0.311 e. The number of amides is 1. The van der Waals surface area contributed by atoms with E-state index >= 15 is 0 Å². The van der Waals surface area contributed by atoms with Crippen molar-refractivity contribution < 1.29 is 13.2 Å². The number of hydrogen-bond acceptors (Lipinski definition) is 4. The Morgan fingerprint density at radius 1 is 1.37 bits per heavy atom. The second-order valence-corrected chi connectivity index (χ2v) is 7.72. The SMILES string of the molecule is Cc1cncc(C)c1N1CC(CS(=O)(=O)Cl)CC1=O. The predicted molar refractivity (Wildman–Crippen MR) is 73.8 cm³/mol. The van der Waals surface area contributed by atoms with Gasteiger partial charge >= 0.3 is 0 Å². The number of anilines is 1. The van der Waals surface area contributed by atoms with Crippen molar-refractivity contribution in [2.45, 2.75) is 20.3 Å². The van der Waals surface area contributed by atoms with Gasteiger partial charge in [-0.15, -0.1) is 0 Å². The number of halogens is 1. The third-order valence-electron chi connectivity index (χ3n) is 3.19. The van der Waals surface area contributed by atoms with Crippen LogP contribution >= 0.6 is 10.7 Å². The Morgan fingerprint density at radius 3 is 2.47 bits per heavy atom. The van der Waals surface area contributed by atoms with Gasteiger partial charge in [-0.2, -0.15) is 0 Å². The van der Waals surface area contributed by atoms with Gasteiger partial charge in [-0.25, -0.2) is 8.42 Å². The van der Waals surface area contributed by atoms with E-state index in [0.717, 1.165) is 16.8 Å². The Bertz CT molecular complexity index is 595. The third-order valence-corrected chi connectivity index (χ3v) is 4.44. The average Bonchev–Trinajstić information content (AvgIpc) is 2.56. The fourth-order valence-electron chi connectivity index (χ4n) is 2.51. The zero-order chi connectivity index (χ0) is 14.2. The van der Waals surface area contributed by atoms with Gasteiger partial charge in [0.15, 0.2) is 0 Å². The normalized spacial score (nSPS) is 20.1. The van der Waals surface area contributed by atoms with Crippen molar-refractivity contribution in [3.8, 4) is 0 Å². The Morgan fingerprint density at radius 2 is 1.95 bits per heavy atom. The van der Waals surface area contributed by atoms with Crippen LogP contribution in [0.1, 0.15) is 17.5 Å². The number of aromatic nitrogens is 1. The van der Waals surface area contributed by atoms with Gasteiger partial charge in [-0.1, -0.05) is 0 Å². The summed E-state index contributed by atoms with van der Waals surface area (Å²) < 4.78 is 22.2. The Hall–Kier alpha value is -1.14. The van der Waals surface area contributed by atoms with Crippen LogP contribution in [0, 0.1) is 19.8 Å². The molecule has 0 radical (unpaired) electrons. The van der Waals surface area contributed by atoms with Crippen LogP contribution in [0.15, 0.2) is 12.4 Å². The van der Waals surface area contributed by atoms with Crippen molar-refractivity contribution in [1.82, 2.24) is 4.98 Å². The molecular weight excluding hydrogens is 288 g/mol. The molecule has 19 heavy (non-hydrogen) atoms. The highest BCUT2D eigenvalue weighted by molar-refractivity contribution is 8.13. The van der Waals surface area contributed by atoms with Gasteiger partial charge in [0.2, 0.25) is 15.0 Å². The van der Waals surface area contributed by atoms with Crippen LogP contribution in [-0.2, 0) is 13.8 Å². The lowest BCUT2D eigenvalue weighted by Gasteiger charge is -2.21. The lowest BCUT2D eigenvalue weighted by atomic mass is 10.1. The molecule has 0 aromatic carbocycles. The zero-order valence-electron chi connectivity index (χ0n) is 10.8. The molecule has 0 aliphatic carbocycles. The summed E-state index contributed by atoms with van der Waals surface area (Å²) in [6.07, 6.45) is 3.61. The third kappa shape index (κ3) is 3.25. The Balaban J connectivity index is 2.26. The van der Waals surface area contributed by atoms with Gasteiger partial charge in [-0.3, -0.25) is 9.78 Å². The van der Waals surface area contributed by atoms with E-state index < -0.39 is 9.05 Å². The lowest BCUT2D eigenvalue weighted by molar-refractivity contribution is -0.117. The molecule has 1 unspecified atom stereocenters. The topological polar surface area (TPSA) is 67.3 Å². The van der Waals surface area contributed by atoms with Crippen molar-refractivity contribution >= 4 is 31.3 Å². The van der Waals surface area contributed by atoms with Crippen LogP contribution in [0.25, 0.3) is 0 Å². The van der Waals surface area contributed by atoms with Gasteiger partial charge in [0.05, 0.1) is 11.4 Å². The zero-order valence-corrected chi connectivity index (χ0v) is 12.3. The summed E-state index contributed by atoms with van der Waals surface area (Å²) in [5.41, 5.74) is 2.64. The first-order valence-electron chi connectivity index (χ1n) is 5.92. The van der Waals surface area contributed by atoms with Gasteiger partial charge in [0, 0.05) is 42.0 Å². The van der Waals surface area contributed by atoms with E-state index in [9.17, 15) is 13.2 Å². The molecule has 1 aromatic rings. The fraction of sp³-hybridized carbons (Fsp3) is 0.500. The number of rotatable bonds is 3. The molecule has 1 aromatic heterocycles. The molecule has 2 heterocycles. The van der Waals surface area contributed by atoms with E-state index in [2.05, 4.69) is 4.98 Å². The van der Waals surface area contributed by atoms with Crippen LogP contribution in [0.2, 0.25) is 0 Å². The minimum Gasteiger partial charge on any atom is -0.311 e. The smallest absolute Gasteiger partial charge is 0.232 e. The summed E-state index contributed by atoms with van der Waals surface area (Å²) in [5.74, 6) is -0.482. The molecule has 1 aliphatic heterocycles. The Kier molecular flexibility index (Phi) is 3.82. The summed E-state index contributed by atoms with van der Waals surface area (Å²) in [5, 5.41) is 0. The number of pyridine rings is 1. The molecule has 1 amide bonds. The van der Waals surface area contributed by atoms with Crippen molar-refractivity contribution in [2.24, 2.45) is 5.92 Å². The van der Waals surface area contributed by atoms with Crippen molar-refractivity contribution in [1.29, 1.82) is 0 Å². The average molecular weight is 303 g/mol. The summed E-state index contributed by atoms with van der Waals surface area (Å²) in [4.78, 5) is 17.7. The summed E-state index contributed by atoms with van der Waals surface area (Å²) in [6.45, 7) is 4.15. The second-order valence-electron chi connectivity index (χ2n) is 4.90. The van der Waals surface area contributed by atoms with Crippen LogP contribution in [-0.4, -0.2) is 31.6 Å². The van der Waals surface area contributed by atoms with Gasteiger partial charge < -0.3 is 4.90 Å². The Labute approximate surface area is 117 Å². The molecule has 1 saturated heterocycles. The van der Waals surface area contributed by atoms with E-state index in [1.54, 1.807) is 17.3 Å². The van der Waals surface area contributed by atoms with Crippen LogP contribution < -0.4 is 4.90 Å². The number of aryl methyl sites for hydroxylation is 2. The molecule has 5 nitrogen and oxygen atoms in total. The molecule has 2 rings (SSSR count). The van der Waals surface area contributed by atoms with Crippen molar-refractivity contribution in [3.63, 3.8) is 0 Å². The van der Waals surface area contributed by atoms with Crippen LogP contribution in [0.5, 0.6) is 0 Å². The predicted octanol–water partition coefficient (Wildman–Crippen LogP) is 1.62. The standard InChI is InChI=1S/C12H15ClN2O3S/c1-8-4-14-5-9(2)12(8)15-6-10(3-11(15)16)7-19(13,17)18/h4-5,10H,3,6-7H2,1-2H3. The lowest BCUT2D eigenvalue weighted by Crippen LogP contribution is -2.27. The first kappa shape index (κ1) is 14.3. The molecule has 7 heteroatoms. The number of carbonyl (C=O) groups is 1. The van der Waals surface area contributed by atoms with Gasteiger partial charge in [-0.05, 0) is 25.0 Å². The number of hydrogen-bond donors (Lipinski definition) is 0. The maximum absolute atomic E-state index is 12.0. The van der Waals surface area contributed by atoms with Gasteiger partial charge in [0.1, 0.15) is 0 Å². The number of carbonyl (C=O) groups excluding carboxylic acids is 1. The quantitative estimate of drug-likeness (QED) is 0.796. The first-order valence-corrected chi connectivity index (χ1v) is 8.39. The molecular formula is C12H15ClN2O3S. The van der Waals surface area contributed by atoms with Gasteiger partial charge in [0.25, 0.3) is 0 Å². The minimum atomic E-state index is -3.58. The second kappa shape index (κ2) is 5.09. The van der Waals surface area contributed by atoms with E-state index in [1.165, 1.54) is 0 Å². The highest BCUT2D eigenvalue weighted by Crippen LogP contribution is 2.30. The minimum absolute atomic E-state index is 0.0669. The maximum atomic E-state index is 12.0. The molecule has 1 aliphatic rings. The maximum Gasteiger partial charge on any atom is 0.232 e. The highest BCUT2D eigenvalue weighted by Gasteiger charge is 2.34. The highest BCUT2D eigenvalue weighted by atomic mass is 35.7. The molecule has 104 valence electrons. The molecule has 1 fully saturated rings. The van der Waals surface area contributed by atoms with E-state index in [4.69, 9.17) is 10.7 Å². The van der Waals surface area contributed by atoms with E-state index in [-0.39, 0.29) is 24.0 Å². The van der Waals surface area contributed by atoms with E-state index in [0.29, 0.717) is 6.54 Å². The summed E-state index contributed by atoms with van der Waals surface area (Å²) in [7, 11) is 1.67. The van der Waals surface area contributed by atoms with Crippen molar-refractivity contribution in [3.05, 3.63) is 23.5 Å². The number of nitrogens with zero attached hydrogens (tertiary/aromatic N) is 2. The van der Waals surface area contributed by atoms with Crippen molar-refractivity contribution in [2.75, 3.05) is 17.2 Å². The fourth-order valence-corrected chi connectivity index (χ4v) is 3.83. The molecule has 1 atom stereocenters. The molecule has 0 saturated carbocycles. The van der Waals surface area contributed by atoms with Crippen LogP contribution in [0.3, 0.4) is 0 Å². The van der Waals surface area contributed by atoms with E-state index in [1.807, 2.05) is 13.8 Å². The monoisotopic (exact) mass is 302 g/mol. The summed E-state index contributed by atoms with van der Waals surface area (Å²) in [6, 6.07) is 0. The molecule has 0 N–H and O–H groups in total. The molecule has 0 bridgehead atoms. The first-order chi connectivity index (χ1) is 8.78.